The molecule has 2 aromatic heterocycles. The van der Waals surface area contributed by atoms with Crippen molar-refractivity contribution in [3.8, 4) is 0 Å². The van der Waals surface area contributed by atoms with Crippen LogP contribution in [-0.2, 0) is 24.2 Å². The molecule has 0 saturated carbocycles. The van der Waals surface area contributed by atoms with Crippen molar-refractivity contribution in [2.45, 2.75) is 76.7 Å². The normalized spacial score (nSPS) is 21.5. The summed E-state index contributed by atoms with van der Waals surface area (Å²) < 4.78 is 6.27. The van der Waals surface area contributed by atoms with Gasteiger partial charge < -0.3 is 9.64 Å². The van der Waals surface area contributed by atoms with Gasteiger partial charge in [-0.05, 0) is 56.1 Å². The molecule has 176 valence electrons. The summed E-state index contributed by atoms with van der Waals surface area (Å²) in [5.41, 5.74) is 2.82. The third-order valence-electron chi connectivity index (χ3n) is 7.26. The van der Waals surface area contributed by atoms with Crippen LogP contribution in [0.3, 0.4) is 0 Å². The highest BCUT2D eigenvalue weighted by atomic mass is 32.2. The third-order valence-corrected chi connectivity index (χ3v) is 9.41. The zero-order valence-electron chi connectivity index (χ0n) is 20.1. The fraction of sp³-hybridized carbons (Fsp3) is 0.556. The van der Waals surface area contributed by atoms with Crippen LogP contribution in [0.2, 0.25) is 0 Å². The van der Waals surface area contributed by atoms with Gasteiger partial charge in [-0.3, -0.25) is 0 Å². The Hall–Kier alpha value is -1.63. The molecule has 0 spiro atoms. The van der Waals surface area contributed by atoms with Crippen molar-refractivity contribution in [2.75, 3.05) is 23.7 Å². The Morgan fingerprint density at radius 1 is 1.15 bits per heavy atom. The van der Waals surface area contributed by atoms with E-state index in [-0.39, 0.29) is 5.60 Å². The van der Waals surface area contributed by atoms with Crippen LogP contribution in [0.1, 0.15) is 62.5 Å². The lowest BCUT2D eigenvalue weighted by molar-refractivity contribution is -0.0543. The Morgan fingerprint density at radius 2 is 1.94 bits per heavy atom. The lowest BCUT2D eigenvalue weighted by Crippen LogP contribution is -2.36. The van der Waals surface area contributed by atoms with Crippen LogP contribution in [0.15, 0.2) is 35.5 Å². The molecule has 2 aliphatic heterocycles. The average molecular weight is 482 g/mol. The molecule has 4 heterocycles. The van der Waals surface area contributed by atoms with Crippen LogP contribution in [0.25, 0.3) is 10.2 Å². The number of anilines is 1. The van der Waals surface area contributed by atoms with E-state index in [9.17, 15) is 0 Å². The number of thioether (sulfide) groups is 1. The Kier molecular flexibility index (Phi) is 6.96. The fourth-order valence-corrected chi connectivity index (χ4v) is 6.89. The minimum absolute atomic E-state index is 0.0867. The molecule has 0 N–H and O–H groups in total. The molecule has 2 aliphatic rings. The number of nitrogens with zero attached hydrogens (tertiary/aromatic N) is 3. The van der Waals surface area contributed by atoms with Gasteiger partial charge in [0.25, 0.3) is 0 Å². The van der Waals surface area contributed by atoms with Crippen molar-refractivity contribution in [1.29, 1.82) is 0 Å². The number of hydrogen-bond acceptors (Lipinski definition) is 6. The Labute approximate surface area is 206 Å². The van der Waals surface area contributed by atoms with E-state index in [0.717, 1.165) is 54.0 Å². The van der Waals surface area contributed by atoms with Gasteiger partial charge in [0, 0.05) is 30.1 Å². The second-order valence-electron chi connectivity index (χ2n) is 9.75. The number of aromatic nitrogens is 2. The second kappa shape index (κ2) is 9.93. The van der Waals surface area contributed by atoms with Gasteiger partial charge in [0.2, 0.25) is 0 Å². The van der Waals surface area contributed by atoms with E-state index >= 15 is 0 Å². The molecule has 0 unspecified atom stereocenters. The van der Waals surface area contributed by atoms with Crippen LogP contribution in [-0.4, -0.2) is 34.4 Å². The molecule has 0 bridgehead atoms. The van der Waals surface area contributed by atoms with Gasteiger partial charge in [-0.15, -0.1) is 11.3 Å². The van der Waals surface area contributed by atoms with Gasteiger partial charge >= 0.3 is 0 Å². The Morgan fingerprint density at radius 3 is 2.67 bits per heavy atom. The summed E-state index contributed by atoms with van der Waals surface area (Å²) in [4.78, 5) is 15.2. The molecule has 1 fully saturated rings. The predicted octanol–water partition coefficient (Wildman–Crippen LogP) is 6.89. The molecule has 3 aromatic rings. The van der Waals surface area contributed by atoms with Crippen molar-refractivity contribution in [1.82, 2.24) is 9.97 Å². The quantitative estimate of drug-likeness (QED) is 0.271. The van der Waals surface area contributed by atoms with E-state index in [1.807, 2.05) is 11.3 Å². The first-order valence-electron chi connectivity index (χ1n) is 12.5. The summed E-state index contributed by atoms with van der Waals surface area (Å²) in [6.07, 6.45) is 6.75. The molecule has 0 amide bonds. The number of thiophene rings is 1. The summed E-state index contributed by atoms with van der Waals surface area (Å²) in [6.45, 7) is 9.56. The summed E-state index contributed by atoms with van der Waals surface area (Å²) >= 11 is 3.62. The van der Waals surface area contributed by atoms with Crippen LogP contribution in [0.4, 0.5) is 5.82 Å². The lowest BCUT2D eigenvalue weighted by atomic mass is 9.89. The zero-order valence-corrected chi connectivity index (χ0v) is 21.7. The maximum absolute atomic E-state index is 6.27. The van der Waals surface area contributed by atoms with E-state index in [0.29, 0.717) is 6.61 Å². The summed E-state index contributed by atoms with van der Waals surface area (Å²) in [5, 5.41) is 2.24. The van der Waals surface area contributed by atoms with Crippen molar-refractivity contribution in [3.05, 3.63) is 46.3 Å². The Balaban J connectivity index is 1.44. The monoisotopic (exact) mass is 481 g/mol. The SMILES string of the molecule is CCCSc1nc(N2CCC(Cc3ccccc3)CC2)c2c3c(sc2n1)CO[C@](C)(CC)C3. The smallest absolute Gasteiger partial charge is 0.190 e. The standard InChI is InChI=1S/C27H35N3OS2/c1-4-15-32-26-28-24(30-13-11-20(12-14-30)16-19-9-7-6-8-10-19)23-21-17-27(3,5-2)31-18-22(21)33-25(23)29-26/h6-10,20H,4-5,11-18H2,1-3H3/t27-/m1/s1. The maximum atomic E-state index is 6.27. The van der Waals surface area contributed by atoms with E-state index in [1.165, 1.54) is 46.5 Å². The summed E-state index contributed by atoms with van der Waals surface area (Å²) in [7, 11) is 0. The molecule has 1 atom stereocenters. The van der Waals surface area contributed by atoms with Gasteiger partial charge in [0.05, 0.1) is 17.6 Å². The predicted molar refractivity (Wildman–Crippen MR) is 141 cm³/mol. The molecule has 1 aromatic carbocycles. The Bertz CT molecular complexity index is 1090. The highest BCUT2D eigenvalue weighted by Crippen LogP contribution is 2.44. The van der Waals surface area contributed by atoms with E-state index < -0.39 is 0 Å². The molecule has 6 heteroatoms. The van der Waals surface area contributed by atoms with Crippen LogP contribution in [0.5, 0.6) is 0 Å². The minimum atomic E-state index is -0.0867. The van der Waals surface area contributed by atoms with Gasteiger partial charge in [0.1, 0.15) is 10.6 Å². The first-order chi connectivity index (χ1) is 16.1. The van der Waals surface area contributed by atoms with Crippen molar-refractivity contribution in [2.24, 2.45) is 5.92 Å². The van der Waals surface area contributed by atoms with E-state index in [2.05, 4.69) is 56.0 Å². The third kappa shape index (κ3) is 4.94. The van der Waals surface area contributed by atoms with Gasteiger partial charge in [-0.25, -0.2) is 9.97 Å². The van der Waals surface area contributed by atoms with E-state index in [1.54, 1.807) is 11.8 Å². The number of piperidine rings is 1. The minimum Gasteiger partial charge on any atom is -0.369 e. The molecule has 5 rings (SSSR count). The molecular formula is C27H35N3OS2. The van der Waals surface area contributed by atoms with Crippen LogP contribution < -0.4 is 4.90 Å². The van der Waals surface area contributed by atoms with Crippen molar-refractivity contribution >= 4 is 39.1 Å². The van der Waals surface area contributed by atoms with Crippen LogP contribution in [0, 0.1) is 5.92 Å². The highest BCUT2D eigenvalue weighted by Gasteiger charge is 2.34. The van der Waals surface area contributed by atoms with Gasteiger partial charge in [-0.2, -0.15) is 0 Å². The largest absolute Gasteiger partial charge is 0.369 e. The molecule has 33 heavy (non-hydrogen) atoms. The van der Waals surface area contributed by atoms with Crippen molar-refractivity contribution < 1.29 is 4.74 Å². The number of ether oxygens (including phenoxy) is 1. The fourth-order valence-electron chi connectivity index (χ4n) is 5.04. The maximum Gasteiger partial charge on any atom is 0.190 e. The summed E-state index contributed by atoms with van der Waals surface area (Å²) in [6, 6.07) is 11.0. The van der Waals surface area contributed by atoms with E-state index in [4.69, 9.17) is 14.7 Å². The first-order valence-corrected chi connectivity index (χ1v) is 14.3. The molecule has 1 saturated heterocycles. The zero-order chi connectivity index (χ0) is 22.8. The lowest BCUT2D eigenvalue weighted by Gasteiger charge is -2.35. The highest BCUT2D eigenvalue weighted by molar-refractivity contribution is 7.99. The first kappa shape index (κ1) is 23.1. The average Bonchev–Trinajstić information content (AvgIpc) is 3.20. The second-order valence-corrected chi connectivity index (χ2v) is 11.9. The number of fused-ring (bicyclic) bond motifs is 3. The summed E-state index contributed by atoms with van der Waals surface area (Å²) in [5.74, 6) is 2.99. The van der Waals surface area contributed by atoms with Gasteiger partial charge in [0.15, 0.2) is 5.16 Å². The molecule has 0 aliphatic carbocycles. The van der Waals surface area contributed by atoms with Crippen LogP contribution >= 0.6 is 23.1 Å². The number of hydrogen-bond donors (Lipinski definition) is 0. The van der Waals surface area contributed by atoms with Gasteiger partial charge in [-0.1, -0.05) is 55.9 Å². The molecule has 4 nitrogen and oxygen atoms in total. The van der Waals surface area contributed by atoms with Crippen molar-refractivity contribution in [3.63, 3.8) is 0 Å². The molecular weight excluding hydrogens is 446 g/mol. The molecule has 0 radical (unpaired) electrons. The number of benzene rings is 1. The topological polar surface area (TPSA) is 38.2 Å². The number of rotatable bonds is 7.